The highest BCUT2D eigenvalue weighted by atomic mass is 16.6. The number of rotatable bonds is 4. The molecule has 3 aliphatic rings. The van der Waals surface area contributed by atoms with E-state index in [0.717, 1.165) is 18.4 Å². The van der Waals surface area contributed by atoms with Crippen LogP contribution in [0.2, 0.25) is 0 Å². The quantitative estimate of drug-likeness (QED) is 0.852. The number of carbonyl (C=O) groups is 2. The van der Waals surface area contributed by atoms with Gasteiger partial charge in [0.1, 0.15) is 12.4 Å². The summed E-state index contributed by atoms with van der Waals surface area (Å²) in [4.78, 5) is 26.8. The summed E-state index contributed by atoms with van der Waals surface area (Å²) in [5, 5.41) is 0. The molecule has 1 aromatic rings. The Morgan fingerprint density at radius 1 is 1.04 bits per heavy atom. The standard InChI is InChI=1S/C19H23NO4/c21-18(14-6-7-14)15-8-16-11-23-12-17(9-15)20(16)19(22)24-10-13-4-2-1-3-5-13/h1-5,14-17H,6-12H2. The molecule has 1 aliphatic carbocycles. The van der Waals surface area contributed by atoms with Crippen LogP contribution in [0.3, 0.4) is 0 Å². The van der Waals surface area contributed by atoms with Gasteiger partial charge < -0.3 is 9.47 Å². The maximum atomic E-state index is 12.6. The molecule has 2 saturated heterocycles. The summed E-state index contributed by atoms with van der Waals surface area (Å²) < 4.78 is 11.1. The topological polar surface area (TPSA) is 55.8 Å². The molecular formula is C19H23NO4. The normalized spacial score (nSPS) is 29.2. The van der Waals surface area contributed by atoms with Crippen LogP contribution in [0.4, 0.5) is 4.79 Å². The summed E-state index contributed by atoms with van der Waals surface area (Å²) in [5.41, 5.74) is 0.978. The minimum Gasteiger partial charge on any atom is -0.445 e. The van der Waals surface area contributed by atoms with E-state index in [1.807, 2.05) is 35.2 Å². The van der Waals surface area contributed by atoms with Crippen molar-refractivity contribution in [3.05, 3.63) is 35.9 Å². The van der Waals surface area contributed by atoms with Crippen molar-refractivity contribution in [2.45, 2.75) is 44.4 Å². The SMILES string of the molecule is O=C(C1CC1)C1CC2COCC(C1)N2C(=O)OCc1ccccc1. The molecule has 4 rings (SSSR count). The Kier molecular flexibility index (Phi) is 4.27. The van der Waals surface area contributed by atoms with Gasteiger partial charge in [-0.3, -0.25) is 9.69 Å². The van der Waals surface area contributed by atoms with Crippen molar-refractivity contribution in [3.63, 3.8) is 0 Å². The first kappa shape index (κ1) is 15.6. The van der Waals surface area contributed by atoms with Gasteiger partial charge in [-0.2, -0.15) is 0 Å². The van der Waals surface area contributed by atoms with Gasteiger partial charge in [-0.15, -0.1) is 0 Å². The predicted molar refractivity (Wildman–Crippen MR) is 87.3 cm³/mol. The second kappa shape index (κ2) is 6.55. The lowest BCUT2D eigenvalue weighted by Crippen LogP contribution is -2.60. The first-order chi connectivity index (χ1) is 11.7. The average Bonchev–Trinajstić information content (AvgIpc) is 3.44. The Morgan fingerprint density at radius 3 is 2.33 bits per heavy atom. The second-order valence-electron chi connectivity index (χ2n) is 7.14. The van der Waals surface area contributed by atoms with Crippen LogP contribution in [-0.2, 0) is 20.9 Å². The fraction of sp³-hybridized carbons (Fsp3) is 0.579. The Hall–Kier alpha value is -1.88. The molecule has 2 aliphatic heterocycles. The van der Waals surface area contributed by atoms with Crippen molar-refractivity contribution < 1.29 is 19.1 Å². The van der Waals surface area contributed by atoms with Crippen LogP contribution in [0, 0.1) is 11.8 Å². The van der Waals surface area contributed by atoms with Crippen molar-refractivity contribution >= 4 is 11.9 Å². The number of ketones is 1. The molecule has 5 nitrogen and oxygen atoms in total. The van der Waals surface area contributed by atoms with Gasteiger partial charge in [0.2, 0.25) is 0 Å². The predicted octanol–water partition coefficient (Wildman–Crippen LogP) is 2.78. The molecule has 0 aromatic heterocycles. The van der Waals surface area contributed by atoms with Crippen LogP contribution in [0.15, 0.2) is 30.3 Å². The maximum absolute atomic E-state index is 12.6. The molecule has 0 spiro atoms. The summed E-state index contributed by atoms with van der Waals surface area (Å²) in [6, 6.07) is 9.62. The van der Waals surface area contributed by atoms with Gasteiger partial charge in [0.05, 0.1) is 25.3 Å². The molecule has 5 heteroatoms. The van der Waals surface area contributed by atoms with E-state index in [9.17, 15) is 9.59 Å². The summed E-state index contributed by atoms with van der Waals surface area (Å²) in [6.07, 6.45) is 3.24. The molecule has 128 valence electrons. The molecule has 2 unspecified atom stereocenters. The van der Waals surface area contributed by atoms with Crippen molar-refractivity contribution in [1.29, 1.82) is 0 Å². The Labute approximate surface area is 141 Å². The number of hydrogen-bond acceptors (Lipinski definition) is 4. The third kappa shape index (κ3) is 3.18. The van der Waals surface area contributed by atoms with E-state index < -0.39 is 0 Å². The number of hydrogen-bond donors (Lipinski definition) is 0. The van der Waals surface area contributed by atoms with Crippen LogP contribution in [0.5, 0.6) is 0 Å². The number of ether oxygens (including phenoxy) is 2. The number of benzene rings is 1. The second-order valence-corrected chi connectivity index (χ2v) is 7.14. The molecule has 1 saturated carbocycles. The molecule has 1 amide bonds. The van der Waals surface area contributed by atoms with Crippen LogP contribution in [-0.4, -0.2) is 42.1 Å². The lowest BCUT2D eigenvalue weighted by atomic mass is 9.81. The number of Topliss-reactive ketones (excluding diaryl/α,β-unsaturated/α-hetero) is 1. The molecule has 0 N–H and O–H groups in total. The Balaban J connectivity index is 1.39. The highest BCUT2D eigenvalue weighted by Gasteiger charge is 2.46. The maximum Gasteiger partial charge on any atom is 0.410 e. The Bertz CT molecular complexity index is 599. The number of carbonyl (C=O) groups excluding carboxylic acids is 2. The number of fused-ring (bicyclic) bond motifs is 2. The summed E-state index contributed by atoms with van der Waals surface area (Å²) in [6.45, 7) is 1.29. The fourth-order valence-corrected chi connectivity index (χ4v) is 3.94. The largest absolute Gasteiger partial charge is 0.445 e. The number of amides is 1. The molecule has 1 aromatic carbocycles. The van der Waals surface area contributed by atoms with Crippen molar-refractivity contribution in [1.82, 2.24) is 4.90 Å². The van der Waals surface area contributed by atoms with Gasteiger partial charge in [-0.05, 0) is 31.2 Å². The highest BCUT2D eigenvalue weighted by Crippen LogP contribution is 2.39. The molecular weight excluding hydrogens is 306 g/mol. The van der Waals surface area contributed by atoms with Gasteiger partial charge in [0.25, 0.3) is 0 Å². The third-order valence-corrected chi connectivity index (χ3v) is 5.32. The van der Waals surface area contributed by atoms with Gasteiger partial charge in [-0.1, -0.05) is 30.3 Å². The molecule has 2 bridgehead atoms. The Morgan fingerprint density at radius 2 is 1.71 bits per heavy atom. The molecule has 0 radical (unpaired) electrons. The molecule has 3 fully saturated rings. The van der Waals surface area contributed by atoms with E-state index in [0.29, 0.717) is 31.8 Å². The van der Waals surface area contributed by atoms with Crippen LogP contribution >= 0.6 is 0 Å². The first-order valence-electron chi connectivity index (χ1n) is 8.83. The van der Waals surface area contributed by atoms with Gasteiger partial charge in [-0.25, -0.2) is 4.79 Å². The van der Waals surface area contributed by atoms with Gasteiger partial charge in [0.15, 0.2) is 0 Å². The zero-order valence-corrected chi connectivity index (χ0v) is 13.7. The fourth-order valence-electron chi connectivity index (χ4n) is 3.94. The summed E-state index contributed by atoms with van der Waals surface area (Å²) >= 11 is 0. The minimum absolute atomic E-state index is 0.0338. The summed E-state index contributed by atoms with van der Waals surface area (Å²) in [7, 11) is 0. The van der Waals surface area contributed by atoms with E-state index in [1.54, 1.807) is 0 Å². The average molecular weight is 329 g/mol. The zero-order chi connectivity index (χ0) is 16.5. The van der Waals surface area contributed by atoms with E-state index in [-0.39, 0.29) is 36.6 Å². The van der Waals surface area contributed by atoms with E-state index in [2.05, 4.69) is 0 Å². The van der Waals surface area contributed by atoms with Crippen molar-refractivity contribution in [2.24, 2.45) is 11.8 Å². The highest BCUT2D eigenvalue weighted by molar-refractivity contribution is 5.86. The zero-order valence-electron chi connectivity index (χ0n) is 13.7. The lowest BCUT2D eigenvalue weighted by Gasteiger charge is -2.47. The smallest absolute Gasteiger partial charge is 0.410 e. The van der Waals surface area contributed by atoms with Gasteiger partial charge >= 0.3 is 6.09 Å². The monoisotopic (exact) mass is 329 g/mol. The third-order valence-electron chi connectivity index (χ3n) is 5.32. The summed E-state index contributed by atoms with van der Waals surface area (Å²) in [5.74, 6) is 0.784. The van der Waals surface area contributed by atoms with Gasteiger partial charge in [0, 0.05) is 11.8 Å². The molecule has 2 atom stereocenters. The van der Waals surface area contributed by atoms with E-state index >= 15 is 0 Å². The molecule has 24 heavy (non-hydrogen) atoms. The van der Waals surface area contributed by atoms with Crippen LogP contribution < -0.4 is 0 Å². The van der Waals surface area contributed by atoms with E-state index in [1.165, 1.54) is 0 Å². The molecule has 2 heterocycles. The van der Waals surface area contributed by atoms with Crippen LogP contribution in [0.25, 0.3) is 0 Å². The van der Waals surface area contributed by atoms with Crippen LogP contribution in [0.1, 0.15) is 31.2 Å². The number of morpholine rings is 1. The minimum atomic E-state index is -0.283. The van der Waals surface area contributed by atoms with Crippen molar-refractivity contribution in [3.8, 4) is 0 Å². The number of piperidine rings is 1. The van der Waals surface area contributed by atoms with E-state index in [4.69, 9.17) is 9.47 Å². The number of nitrogens with zero attached hydrogens (tertiary/aromatic N) is 1. The lowest BCUT2D eigenvalue weighted by molar-refractivity contribution is -0.132. The first-order valence-corrected chi connectivity index (χ1v) is 8.83. The van der Waals surface area contributed by atoms with Crippen molar-refractivity contribution in [2.75, 3.05) is 13.2 Å².